The maximum Gasteiger partial charge on any atom is 0.255 e. The monoisotopic (exact) mass is 415 g/mol. The molecule has 158 valence electrons. The number of pyridine rings is 1. The normalized spacial score (nSPS) is 14.2. The van der Waals surface area contributed by atoms with Crippen molar-refractivity contribution in [2.24, 2.45) is 0 Å². The van der Waals surface area contributed by atoms with Gasteiger partial charge in [0.05, 0.1) is 31.1 Å². The van der Waals surface area contributed by atoms with E-state index in [1.165, 1.54) is 6.42 Å². The zero-order chi connectivity index (χ0) is 21.2. The number of amides is 1. The fourth-order valence-corrected chi connectivity index (χ4v) is 4.11. The van der Waals surface area contributed by atoms with E-state index in [4.69, 9.17) is 4.74 Å². The van der Waals surface area contributed by atoms with Crippen molar-refractivity contribution in [3.63, 3.8) is 0 Å². The molecule has 5 rings (SSSR count). The number of fused-ring (bicyclic) bond motifs is 1. The first kappa shape index (κ1) is 19.4. The van der Waals surface area contributed by atoms with Crippen molar-refractivity contribution in [2.45, 2.75) is 25.8 Å². The molecule has 0 N–H and O–H groups in total. The van der Waals surface area contributed by atoms with Crippen LogP contribution in [-0.2, 0) is 6.54 Å². The van der Waals surface area contributed by atoms with Crippen LogP contribution in [0.2, 0.25) is 0 Å². The van der Waals surface area contributed by atoms with Gasteiger partial charge in [-0.05, 0) is 49.1 Å². The number of hydrogen-bond acceptors (Lipinski definition) is 4. The van der Waals surface area contributed by atoms with E-state index in [-0.39, 0.29) is 5.91 Å². The Morgan fingerprint density at radius 3 is 2.65 bits per heavy atom. The summed E-state index contributed by atoms with van der Waals surface area (Å²) < 4.78 is 9.12. The molecule has 4 heterocycles. The molecule has 7 heteroatoms. The van der Waals surface area contributed by atoms with Gasteiger partial charge in [0.1, 0.15) is 11.4 Å². The van der Waals surface area contributed by atoms with Gasteiger partial charge < -0.3 is 9.64 Å². The molecule has 0 spiro atoms. The molecular weight excluding hydrogens is 390 g/mol. The SMILES string of the molecule is COc1ccc(Cn2cc(-n3ccc4cc(C(=O)N5CCCCC5)cnc43)cn2)cc1. The summed E-state index contributed by atoms with van der Waals surface area (Å²) >= 11 is 0. The molecule has 1 aromatic carbocycles. The molecule has 0 aliphatic carbocycles. The second-order valence-electron chi connectivity index (χ2n) is 7.92. The van der Waals surface area contributed by atoms with Gasteiger partial charge in [0.2, 0.25) is 0 Å². The van der Waals surface area contributed by atoms with E-state index in [0.29, 0.717) is 12.1 Å². The van der Waals surface area contributed by atoms with E-state index < -0.39 is 0 Å². The number of benzene rings is 1. The van der Waals surface area contributed by atoms with Crippen LogP contribution >= 0.6 is 0 Å². The average Bonchev–Trinajstić information content (AvgIpc) is 3.46. The van der Waals surface area contributed by atoms with Gasteiger partial charge in [0.15, 0.2) is 0 Å². The Morgan fingerprint density at radius 1 is 1.06 bits per heavy atom. The summed E-state index contributed by atoms with van der Waals surface area (Å²) in [6, 6.07) is 11.9. The average molecular weight is 415 g/mol. The van der Waals surface area contributed by atoms with E-state index in [1.54, 1.807) is 13.3 Å². The van der Waals surface area contributed by atoms with Crippen molar-refractivity contribution in [3.8, 4) is 11.4 Å². The summed E-state index contributed by atoms with van der Waals surface area (Å²) in [4.78, 5) is 19.3. The number of nitrogens with zero attached hydrogens (tertiary/aromatic N) is 5. The molecule has 1 saturated heterocycles. The minimum absolute atomic E-state index is 0.0779. The van der Waals surface area contributed by atoms with Crippen LogP contribution in [0.15, 0.2) is 61.2 Å². The lowest BCUT2D eigenvalue weighted by Crippen LogP contribution is -2.35. The molecule has 1 fully saturated rings. The highest BCUT2D eigenvalue weighted by molar-refractivity contribution is 5.97. The number of carbonyl (C=O) groups is 1. The summed E-state index contributed by atoms with van der Waals surface area (Å²) in [5.74, 6) is 0.919. The number of likely N-dealkylation sites (tertiary alicyclic amines) is 1. The number of hydrogen-bond donors (Lipinski definition) is 0. The van der Waals surface area contributed by atoms with Crippen LogP contribution in [0.3, 0.4) is 0 Å². The Bertz CT molecular complexity index is 1200. The Labute approximate surface area is 180 Å². The Kier molecular flexibility index (Phi) is 5.16. The molecule has 1 aliphatic heterocycles. The highest BCUT2D eigenvalue weighted by Gasteiger charge is 2.19. The molecule has 4 aromatic rings. The lowest BCUT2D eigenvalue weighted by atomic mass is 10.1. The van der Waals surface area contributed by atoms with Crippen molar-refractivity contribution in [3.05, 3.63) is 72.3 Å². The Morgan fingerprint density at radius 2 is 1.87 bits per heavy atom. The summed E-state index contributed by atoms with van der Waals surface area (Å²) in [6.07, 6.45) is 10.9. The van der Waals surface area contributed by atoms with E-state index in [2.05, 4.69) is 10.1 Å². The molecule has 3 aromatic heterocycles. The standard InChI is InChI=1S/C24H25N5O2/c1-31-22-7-5-18(6-8-22)16-28-17-21(15-26-28)29-12-9-19-13-20(14-25-23(19)29)24(30)27-10-3-2-4-11-27/h5-9,12-15,17H,2-4,10-11,16H2,1H3. The number of methoxy groups -OCH3 is 1. The molecule has 0 radical (unpaired) electrons. The van der Waals surface area contributed by atoms with E-state index in [1.807, 2.05) is 69.1 Å². The quantitative estimate of drug-likeness (QED) is 0.496. The van der Waals surface area contributed by atoms with Crippen molar-refractivity contribution < 1.29 is 9.53 Å². The smallest absolute Gasteiger partial charge is 0.255 e. The van der Waals surface area contributed by atoms with Crippen LogP contribution in [-0.4, -0.2) is 50.3 Å². The summed E-state index contributed by atoms with van der Waals surface area (Å²) in [5, 5.41) is 5.45. The number of carbonyl (C=O) groups excluding carboxylic acids is 1. The van der Waals surface area contributed by atoms with Crippen LogP contribution in [0.25, 0.3) is 16.7 Å². The Balaban J connectivity index is 1.36. The zero-order valence-electron chi connectivity index (χ0n) is 17.6. The van der Waals surface area contributed by atoms with Crippen LogP contribution in [0, 0.1) is 0 Å². The Hall–Kier alpha value is -3.61. The number of piperidine rings is 1. The first-order chi connectivity index (χ1) is 15.2. The summed E-state index contributed by atoms with van der Waals surface area (Å²) in [6.45, 7) is 2.35. The van der Waals surface area contributed by atoms with Crippen molar-refractivity contribution in [1.82, 2.24) is 24.2 Å². The summed E-state index contributed by atoms with van der Waals surface area (Å²) in [5.41, 5.74) is 3.56. The molecule has 0 unspecified atom stereocenters. The minimum Gasteiger partial charge on any atom is -0.497 e. The van der Waals surface area contributed by atoms with Gasteiger partial charge in [-0.1, -0.05) is 12.1 Å². The predicted molar refractivity (Wildman–Crippen MR) is 119 cm³/mol. The molecule has 0 bridgehead atoms. The third-order valence-electron chi connectivity index (χ3n) is 5.82. The van der Waals surface area contributed by atoms with Gasteiger partial charge in [-0.15, -0.1) is 0 Å². The molecule has 7 nitrogen and oxygen atoms in total. The number of aromatic nitrogens is 4. The van der Waals surface area contributed by atoms with Crippen LogP contribution in [0.4, 0.5) is 0 Å². The fraction of sp³-hybridized carbons (Fsp3) is 0.292. The molecule has 1 aliphatic rings. The summed E-state index contributed by atoms with van der Waals surface area (Å²) in [7, 11) is 1.66. The highest BCUT2D eigenvalue weighted by Crippen LogP contribution is 2.21. The van der Waals surface area contributed by atoms with Crippen molar-refractivity contribution in [2.75, 3.05) is 20.2 Å². The van der Waals surface area contributed by atoms with Gasteiger partial charge in [-0.25, -0.2) is 4.98 Å². The lowest BCUT2D eigenvalue weighted by molar-refractivity contribution is 0.0724. The van der Waals surface area contributed by atoms with Gasteiger partial charge in [-0.2, -0.15) is 5.10 Å². The van der Waals surface area contributed by atoms with E-state index >= 15 is 0 Å². The second-order valence-corrected chi connectivity index (χ2v) is 7.92. The predicted octanol–water partition coefficient (Wildman–Crippen LogP) is 3.91. The van der Waals surface area contributed by atoms with Crippen LogP contribution in [0.1, 0.15) is 35.2 Å². The third-order valence-corrected chi connectivity index (χ3v) is 5.82. The third kappa shape index (κ3) is 3.91. The second kappa shape index (κ2) is 8.26. The fourth-order valence-electron chi connectivity index (χ4n) is 4.11. The van der Waals surface area contributed by atoms with E-state index in [0.717, 1.165) is 54.0 Å². The van der Waals surface area contributed by atoms with Gasteiger partial charge in [0, 0.05) is 37.1 Å². The first-order valence-electron chi connectivity index (χ1n) is 10.6. The lowest BCUT2D eigenvalue weighted by Gasteiger charge is -2.26. The number of rotatable bonds is 5. The zero-order valence-corrected chi connectivity index (χ0v) is 17.6. The maximum atomic E-state index is 12.8. The van der Waals surface area contributed by atoms with Crippen molar-refractivity contribution >= 4 is 16.9 Å². The minimum atomic E-state index is 0.0779. The molecule has 31 heavy (non-hydrogen) atoms. The van der Waals surface area contributed by atoms with Crippen molar-refractivity contribution in [1.29, 1.82) is 0 Å². The van der Waals surface area contributed by atoms with Gasteiger partial charge >= 0.3 is 0 Å². The number of ether oxygens (including phenoxy) is 1. The van der Waals surface area contributed by atoms with Gasteiger partial charge in [-0.3, -0.25) is 14.0 Å². The van der Waals surface area contributed by atoms with Crippen LogP contribution < -0.4 is 4.74 Å². The van der Waals surface area contributed by atoms with Gasteiger partial charge in [0.25, 0.3) is 5.91 Å². The highest BCUT2D eigenvalue weighted by atomic mass is 16.5. The van der Waals surface area contributed by atoms with Crippen LogP contribution in [0.5, 0.6) is 5.75 Å². The molecule has 0 saturated carbocycles. The topological polar surface area (TPSA) is 65.2 Å². The first-order valence-corrected chi connectivity index (χ1v) is 10.6. The largest absolute Gasteiger partial charge is 0.497 e. The van der Waals surface area contributed by atoms with E-state index in [9.17, 15) is 4.79 Å². The molecule has 0 atom stereocenters. The molecule has 1 amide bonds. The molecular formula is C24H25N5O2. The maximum absolute atomic E-state index is 12.8.